The number of carbonyl (C=O) groups excluding carboxylic acids is 1. The maximum absolute atomic E-state index is 11.9. The van der Waals surface area contributed by atoms with Gasteiger partial charge in [-0.15, -0.1) is 10.2 Å². The summed E-state index contributed by atoms with van der Waals surface area (Å²) < 4.78 is 10.2. The predicted molar refractivity (Wildman–Crippen MR) is 71.0 cm³/mol. The van der Waals surface area contributed by atoms with E-state index in [1.54, 1.807) is 6.92 Å². The highest BCUT2D eigenvalue weighted by molar-refractivity contribution is 7.99. The number of methoxy groups -OCH3 is 1. The molecule has 19 heavy (non-hydrogen) atoms. The molecule has 0 aromatic carbocycles. The Hall–Kier alpha value is -1.08. The van der Waals surface area contributed by atoms with Gasteiger partial charge in [0.1, 0.15) is 5.54 Å². The van der Waals surface area contributed by atoms with Crippen molar-refractivity contribution in [3.05, 3.63) is 5.89 Å². The maximum Gasteiger partial charge on any atom is 0.325 e. The number of esters is 1. The highest BCUT2D eigenvalue weighted by Gasteiger charge is 2.39. The van der Waals surface area contributed by atoms with Gasteiger partial charge in [0.05, 0.1) is 7.11 Å². The molecule has 0 amide bonds. The molecule has 7 heteroatoms. The molecule has 0 bridgehead atoms. The summed E-state index contributed by atoms with van der Waals surface area (Å²) in [4.78, 5) is 11.9. The van der Waals surface area contributed by atoms with Crippen molar-refractivity contribution in [3.8, 4) is 0 Å². The molecule has 2 rings (SSSR count). The zero-order chi connectivity index (χ0) is 13.9. The monoisotopic (exact) mass is 285 g/mol. The van der Waals surface area contributed by atoms with Crippen LogP contribution in [0.1, 0.15) is 32.1 Å². The van der Waals surface area contributed by atoms with Crippen molar-refractivity contribution in [2.45, 2.75) is 49.9 Å². The van der Waals surface area contributed by atoms with Gasteiger partial charge in [-0.05, 0) is 26.2 Å². The van der Waals surface area contributed by atoms with E-state index in [0.717, 1.165) is 12.8 Å². The number of ether oxygens (including phenoxy) is 1. The smallest absolute Gasteiger partial charge is 0.325 e. The van der Waals surface area contributed by atoms with E-state index in [-0.39, 0.29) is 5.97 Å². The Balaban J connectivity index is 1.86. The molecule has 1 aromatic rings. The van der Waals surface area contributed by atoms with Crippen LogP contribution in [0.4, 0.5) is 0 Å². The number of hydrogen-bond donors (Lipinski definition) is 1. The predicted octanol–water partition coefficient (Wildman–Crippen LogP) is 1.54. The Morgan fingerprint density at radius 2 is 2.32 bits per heavy atom. The lowest BCUT2D eigenvalue weighted by Crippen LogP contribution is -2.51. The van der Waals surface area contributed by atoms with Gasteiger partial charge < -0.3 is 9.15 Å². The van der Waals surface area contributed by atoms with Crippen LogP contribution in [0.25, 0.3) is 0 Å². The van der Waals surface area contributed by atoms with Gasteiger partial charge in [0.2, 0.25) is 5.89 Å². The highest BCUT2D eigenvalue weighted by Crippen LogP contribution is 2.27. The van der Waals surface area contributed by atoms with Crippen molar-refractivity contribution in [1.82, 2.24) is 15.5 Å². The maximum atomic E-state index is 11.9. The molecule has 0 radical (unpaired) electrons. The number of nitrogens with one attached hydrogen (secondary N) is 1. The lowest BCUT2D eigenvalue weighted by Gasteiger charge is -2.27. The second kappa shape index (κ2) is 5.92. The van der Waals surface area contributed by atoms with Crippen molar-refractivity contribution in [2.24, 2.45) is 0 Å². The van der Waals surface area contributed by atoms with E-state index in [4.69, 9.17) is 9.15 Å². The number of aromatic nitrogens is 2. The molecule has 1 aliphatic rings. The van der Waals surface area contributed by atoms with E-state index < -0.39 is 5.54 Å². The van der Waals surface area contributed by atoms with Crippen LogP contribution in [0.5, 0.6) is 0 Å². The first-order valence-corrected chi connectivity index (χ1v) is 7.31. The summed E-state index contributed by atoms with van der Waals surface area (Å²) in [5.41, 5.74) is -0.641. The average molecular weight is 285 g/mol. The van der Waals surface area contributed by atoms with E-state index in [0.29, 0.717) is 29.3 Å². The van der Waals surface area contributed by atoms with Crippen LogP contribution in [0, 0.1) is 6.92 Å². The quantitative estimate of drug-likeness (QED) is 0.601. The Morgan fingerprint density at radius 1 is 1.58 bits per heavy atom. The lowest BCUT2D eigenvalue weighted by atomic mass is 9.99. The van der Waals surface area contributed by atoms with Crippen molar-refractivity contribution in [2.75, 3.05) is 12.9 Å². The fraction of sp³-hybridized carbons (Fsp3) is 0.750. The number of hydrogen-bond acceptors (Lipinski definition) is 7. The van der Waals surface area contributed by atoms with Gasteiger partial charge in [0.15, 0.2) is 0 Å². The third-order valence-electron chi connectivity index (χ3n) is 3.07. The van der Waals surface area contributed by atoms with Crippen LogP contribution >= 0.6 is 11.8 Å². The topological polar surface area (TPSA) is 77.2 Å². The van der Waals surface area contributed by atoms with Crippen molar-refractivity contribution < 1.29 is 13.9 Å². The fourth-order valence-corrected chi connectivity index (χ4v) is 2.78. The van der Waals surface area contributed by atoms with Gasteiger partial charge in [-0.25, -0.2) is 0 Å². The molecule has 1 fully saturated rings. The number of carbonyl (C=O) groups is 1. The third-order valence-corrected chi connectivity index (χ3v) is 3.89. The molecule has 1 N–H and O–H groups in total. The van der Waals surface area contributed by atoms with Gasteiger partial charge >= 0.3 is 5.97 Å². The zero-order valence-electron chi connectivity index (χ0n) is 11.4. The van der Waals surface area contributed by atoms with Crippen molar-refractivity contribution in [1.29, 1.82) is 0 Å². The van der Waals surface area contributed by atoms with Crippen LogP contribution in [-0.2, 0) is 9.53 Å². The summed E-state index contributed by atoms with van der Waals surface area (Å²) >= 11 is 1.46. The second-order valence-electron chi connectivity index (χ2n) is 4.93. The van der Waals surface area contributed by atoms with Gasteiger partial charge in [-0.2, -0.15) is 0 Å². The summed E-state index contributed by atoms with van der Waals surface area (Å²) in [5, 5.41) is 11.6. The normalized spacial score (nSPS) is 18.1. The highest BCUT2D eigenvalue weighted by atomic mass is 32.2. The Kier molecular flexibility index (Phi) is 4.46. The van der Waals surface area contributed by atoms with Crippen LogP contribution in [0.2, 0.25) is 0 Å². The Morgan fingerprint density at radius 3 is 2.84 bits per heavy atom. The number of thioether (sulfide) groups is 1. The molecule has 6 nitrogen and oxygen atoms in total. The van der Waals surface area contributed by atoms with Crippen LogP contribution in [0.15, 0.2) is 9.64 Å². The molecular formula is C12H19N3O3S. The Labute approximate surface area is 116 Å². The molecule has 1 saturated carbocycles. The van der Waals surface area contributed by atoms with Gasteiger partial charge in [-0.1, -0.05) is 11.8 Å². The summed E-state index contributed by atoms with van der Waals surface area (Å²) in [6.07, 6.45) is 2.91. The number of aryl methyl sites for hydroxylation is 1. The van der Waals surface area contributed by atoms with Crippen molar-refractivity contribution >= 4 is 17.7 Å². The van der Waals surface area contributed by atoms with E-state index in [2.05, 4.69) is 15.5 Å². The standard InChI is InChI=1S/C12H19N3O3S/c1-8-14-15-11(18-8)19-7-6-12(2,10(16)17-3)13-9-4-5-9/h9,13H,4-7H2,1-3H3. The number of nitrogens with zero attached hydrogens (tertiary/aromatic N) is 2. The Bertz CT molecular complexity index is 447. The van der Waals surface area contributed by atoms with Gasteiger partial charge in [-0.3, -0.25) is 10.1 Å². The fourth-order valence-electron chi connectivity index (χ4n) is 1.82. The molecule has 1 aliphatic carbocycles. The summed E-state index contributed by atoms with van der Waals surface area (Å²) in [6.45, 7) is 3.64. The lowest BCUT2D eigenvalue weighted by molar-refractivity contribution is -0.148. The summed E-state index contributed by atoms with van der Waals surface area (Å²) in [6, 6.07) is 0.444. The van der Waals surface area contributed by atoms with E-state index in [1.165, 1.54) is 18.9 Å². The van der Waals surface area contributed by atoms with E-state index in [1.807, 2.05) is 6.92 Å². The first-order valence-electron chi connectivity index (χ1n) is 6.32. The molecule has 1 heterocycles. The average Bonchev–Trinajstić information content (AvgIpc) is 3.09. The minimum Gasteiger partial charge on any atom is -0.468 e. The van der Waals surface area contributed by atoms with Crippen LogP contribution < -0.4 is 5.32 Å². The minimum atomic E-state index is -0.641. The van der Waals surface area contributed by atoms with Crippen molar-refractivity contribution in [3.63, 3.8) is 0 Å². The first kappa shape index (κ1) is 14.3. The molecule has 0 spiro atoms. The van der Waals surface area contributed by atoms with Gasteiger partial charge in [0.25, 0.3) is 5.22 Å². The van der Waals surface area contributed by atoms with E-state index in [9.17, 15) is 4.79 Å². The van der Waals surface area contributed by atoms with Crippen LogP contribution in [0.3, 0.4) is 0 Å². The molecule has 0 saturated heterocycles. The van der Waals surface area contributed by atoms with E-state index >= 15 is 0 Å². The molecule has 1 aromatic heterocycles. The molecule has 106 valence electrons. The second-order valence-corrected chi connectivity index (χ2v) is 5.97. The first-order chi connectivity index (χ1) is 9.03. The summed E-state index contributed by atoms with van der Waals surface area (Å²) in [7, 11) is 1.42. The van der Waals surface area contributed by atoms with Gasteiger partial charge in [0, 0.05) is 18.7 Å². The zero-order valence-corrected chi connectivity index (χ0v) is 12.2. The third kappa shape index (κ3) is 3.94. The largest absolute Gasteiger partial charge is 0.468 e. The molecule has 1 unspecified atom stereocenters. The molecule has 1 atom stereocenters. The summed E-state index contributed by atoms with van der Waals surface area (Å²) in [5.74, 6) is 1.04. The molecule has 0 aliphatic heterocycles. The minimum absolute atomic E-state index is 0.221. The van der Waals surface area contributed by atoms with Crippen LogP contribution in [-0.4, -0.2) is 40.6 Å². The SMILES string of the molecule is COC(=O)C(C)(CCSc1nnc(C)o1)NC1CC1. The number of rotatable bonds is 7. The molecular weight excluding hydrogens is 266 g/mol.